The van der Waals surface area contributed by atoms with Crippen LogP contribution >= 0.6 is 23.2 Å². The van der Waals surface area contributed by atoms with Crippen molar-refractivity contribution in [2.45, 2.75) is 76.5 Å². The van der Waals surface area contributed by atoms with Crippen LogP contribution in [0.4, 0.5) is 13.2 Å². The molecule has 176 valence electrons. The first-order valence-electron chi connectivity index (χ1n) is 10.1. The summed E-state index contributed by atoms with van der Waals surface area (Å²) >= 11 is 12.5. The number of hydrogen-bond acceptors (Lipinski definition) is 2. The first kappa shape index (κ1) is 28.3. The highest BCUT2D eigenvalue weighted by atomic mass is 35.5. The molecule has 0 aromatic heterocycles. The summed E-state index contributed by atoms with van der Waals surface area (Å²) < 4.78 is 61.3. The van der Waals surface area contributed by atoms with Crippen molar-refractivity contribution in [2.24, 2.45) is 0 Å². The molecule has 0 saturated carbocycles. The fourth-order valence-corrected chi connectivity index (χ4v) is 10.5. The number of rotatable bonds is 8. The molecule has 1 aromatic rings. The molecule has 31 heavy (non-hydrogen) atoms. The highest BCUT2D eigenvalue weighted by Gasteiger charge is 2.45. The maximum absolute atomic E-state index is 12.5. The van der Waals surface area contributed by atoms with Crippen molar-refractivity contribution in [3.8, 4) is 11.5 Å². The third-order valence-electron chi connectivity index (χ3n) is 5.64. The standard InChI is InChI=1S/C21H30Cl2F3NO2SSi/c1-14(2)31(15(3)4,16(5)6)11-9-17-12-18(22)13-20(23)19(17)8-7-10-27-30(28,29)21(24,25)26/h12-16,27H,7-8,10H2,1-6H3. The zero-order chi connectivity index (χ0) is 24.2. The van der Waals surface area contributed by atoms with Crippen LogP contribution < -0.4 is 4.72 Å². The first-order chi connectivity index (χ1) is 14.1. The minimum Gasteiger partial charge on any atom is -0.207 e. The van der Waals surface area contributed by atoms with E-state index in [2.05, 4.69) is 53.0 Å². The third kappa shape index (κ3) is 6.88. The van der Waals surface area contributed by atoms with Crippen molar-refractivity contribution < 1.29 is 21.6 Å². The quantitative estimate of drug-likeness (QED) is 0.231. The molecule has 0 unspecified atom stereocenters. The van der Waals surface area contributed by atoms with Crippen LogP contribution in [0.3, 0.4) is 0 Å². The van der Waals surface area contributed by atoms with Crippen LogP contribution in [0.15, 0.2) is 12.1 Å². The summed E-state index contributed by atoms with van der Waals surface area (Å²) in [6.07, 6.45) is 0.395. The molecule has 0 aliphatic rings. The molecule has 0 fully saturated rings. The molecule has 1 aromatic carbocycles. The monoisotopic (exact) mass is 515 g/mol. The maximum atomic E-state index is 12.5. The summed E-state index contributed by atoms with van der Waals surface area (Å²) in [6.45, 7) is 12.8. The Bertz CT molecular complexity index is 915. The lowest BCUT2D eigenvalue weighted by atomic mass is 10.0. The fraction of sp³-hybridized carbons (Fsp3) is 0.619. The van der Waals surface area contributed by atoms with Gasteiger partial charge >= 0.3 is 15.5 Å². The van der Waals surface area contributed by atoms with Crippen molar-refractivity contribution >= 4 is 41.3 Å². The summed E-state index contributed by atoms with van der Waals surface area (Å²) in [7, 11) is -7.38. The van der Waals surface area contributed by atoms with Gasteiger partial charge in [0.25, 0.3) is 0 Å². The van der Waals surface area contributed by atoms with E-state index in [0.717, 1.165) is 0 Å². The minimum atomic E-state index is -5.36. The largest absolute Gasteiger partial charge is 0.511 e. The lowest BCUT2D eigenvalue weighted by Crippen LogP contribution is -2.43. The average molecular weight is 517 g/mol. The van der Waals surface area contributed by atoms with Crippen molar-refractivity contribution in [1.82, 2.24) is 4.72 Å². The van der Waals surface area contributed by atoms with Crippen molar-refractivity contribution in [2.75, 3.05) is 6.54 Å². The number of benzene rings is 1. The summed E-state index contributed by atoms with van der Waals surface area (Å²) in [4.78, 5) is 0. The zero-order valence-corrected chi connectivity index (χ0v) is 22.0. The normalized spacial score (nSPS) is 13.1. The number of hydrogen-bond donors (Lipinski definition) is 1. The van der Waals surface area contributed by atoms with Crippen LogP contribution in [0.1, 0.15) is 59.1 Å². The van der Waals surface area contributed by atoms with Gasteiger partial charge in [-0.3, -0.25) is 0 Å². The van der Waals surface area contributed by atoms with Crippen LogP contribution in [0.2, 0.25) is 26.7 Å². The Kier molecular flexibility index (Phi) is 9.98. The van der Waals surface area contributed by atoms with E-state index in [1.165, 1.54) is 0 Å². The predicted molar refractivity (Wildman–Crippen MR) is 126 cm³/mol. The van der Waals surface area contributed by atoms with E-state index in [1.54, 1.807) is 16.9 Å². The van der Waals surface area contributed by atoms with Crippen LogP contribution in [-0.2, 0) is 16.4 Å². The molecule has 0 radical (unpaired) electrons. The van der Waals surface area contributed by atoms with E-state index in [0.29, 0.717) is 37.8 Å². The van der Waals surface area contributed by atoms with E-state index in [4.69, 9.17) is 23.2 Å². The second-order valence-electron chi connectivity index (χ2n) is 8.51. The molecule has 10 heteroatoms. The number of nitrogens with one attached hydrogen (secondary N) is 1. The average Bonchev–Trinajstić information content (AvgIpc) is 2.58. The van der Waals surface area contributed by atoms with E-state index in [-0.39, 0.29) is 19.4 Å². The van der Waals surface area contributed by atoms with Crippen molar-refractivity contribution in [1.29, 1.82) is 0 Å². The Morgan fingerprint density at radius 3 is 2.00 bits per heavy atom. The summed E-state index contributed by atoms with van der Waals surface area (Å²) in [5, 5.41) is 0.781. The molecular formula is C21H30Cl2F3NO2SSi. The summed E-state index contributed by atoms with van der Waals surface area (Å²) in [6, 6.07) is 3.26. The molecule has 0 atom stereocenters. The lowest BCUT2D eigenvalue weighted by molar-refractivity contribution is -0.0447. The first-order valence-corrected chi connectivity index (χ1v) is 14.6. The summed E-state index contributed by atoms with van der Waals surface area (Å²) in [5.74, 6) is 3.29. The molecule has 0 aliphatic carbocycles. The van der Waals surface area contributed by atoms with Gasteiger partial charge in [-0.25, -0.2) is 13.1 Å². The van der Waals surface area contributed by atoms with Gasteiger partial charge in [0.05, 0.1) is 0 Å². The van der Waals surface area contributed by atoms with E-state index < -0.39 is 23.6 Å². The van der Waals surface area contributed by atoms with Gasteiger partial charge in [-0.2, -0.15) is 13.2 Å². The zero-order valence-electron chi connectivity index (χ0n) is 18.6. The number of halogens is 5. The highest BCUT2D eigenvalue weighted by molar-refractivity contribution is 7.90. The van der Waals surface area contributed by atoms with Gasteiger partial charge in [0.1, 0.15) is 8.07 Å². The fourth-order valence-electron chi connectivity index (χ4n) is 4.13. The molecule has 1 rings (SSSR count). The second kappa shape index (κ2) is 10.9. The Balaban J connectivity index is 3.23. The van der Waals surface area contributed by atoms with Crippen molar-refractivity contribution in [3.63, 3.8) is 0 Å². The minimum absolute atomic E-state index is 0.131. The molecular weight excluding hydrogens is 486 g/mol. The smallest absolute Gasteiger partial charge is 0.207 e. The van der Waals surface area contributed by atoms with E-state index >= 15 is 0 Å². The van der Waals surface area contributed by atoms with Crippen LogP contribution in [0.5, 0.6) is 0 Å². The van der Waals surface area contributed by atoms with Gasteiger partial charge < -0.3 is 0 Å². The van der Waals surface area contributed by atoms with Gasteiger partial charge in [-0.15, -0.1) is 5.54 Å². The van der Waals surface area contributed by atoms with Crippen LogP contribution in [0, 0.1) is 11.5 Å². The SMILES string of the molecule is CC(C)[Si](C#Cc1cc(Cl)cc(Cl)c1CCCNS(=O)(=O)C(F)(F)F)(C(C)C)C(C)C. The number of alkyl halides is 3. The van der Waals surface area contributed by atoms with Gasteiger partial charge in [-0.1, -0.05) is 70.7 Å². The highest BCUT2D eigenvalue weighted by Crippen LogP contribution is 2.41. The van der Waals surface area contributed by atoms with Gasteiger partial charge in [0.15, 0.2) is 0 Å². The Labute approximate surface area is 195 Å². The van der Waals surface area contributed by atoms with Gasteiger partial charge in [0, 0.05) is 22.2 Å². The molecule has 0 heterocycles. The molecule has 0 saturated heterocycles. The maximum Gasteiger partial charge on any atom is 0.511 e. The molecule has 3 nitrogen and oxygen atoms in total. The number of sulfonamides is 1. The molecule has 0 spiro atoms. The van der Waals surface area contributed by atoms with Crippen LogP contribution in [0.25, 0.3) is 0 Å². The van der Waals surface area contributed by atoms with E-state index in [1.807, 2.05) is 0 Å². The van der Waals surface area contributed by atoms with Crippen molar-refractivity contribution in [3.05, 3.63) is 33.3 Å². The molecule has 0 aliphatic heterocycles. The molecule has 0 bridgehead atoms. The molecule has 0 amide bonds. The van der Waals surface area contributed by atoms with Gasteiger partial charge in [0.2, 0.25) is 0 Å². The second-order valence-corrected chi connectivity index (χ2v) is 16.7. The predicted octanol–water partition coefficient (Wildman–Crippen LogP) is 6.93. The van der Waals surface area contributed by atoms with E-state index in [9.17, 15) is 21.6 Å². The topological polar surface area (TPSA) is 46.2 Å². The van der Waals surface area contributed by atoms with Gasteiger partial charge in [-0.05, 0) is 47.2 Å². The Hall–Kier alpha value is -0.723. The van der Waals surface area contributed by atoms with Crippen LogP contribution in [-0.4, -0.2) is 28.5 Å². The molecule has 1 N–H and O–H groups in total. The third-order valence-corrected chi connectivity index (χ3v) is 13.7. The Morgan fingerprint density at radius 2 is 1.55 bits per heavy atom. The Morgan fingerprint density at radius 1 is 1.03 bits per heavy atom. The lowest BCUT2D eigenvalue weighted by Gasteiger charge is -2.38. The summed E-state index contributed by atoms with van der Waals surface area (Å²) in [5.41, 5.74) is 0.823.